The first-order chi connectivity index (χ1) is 11.6. The lowest BCUT2D eigenvalue weighted by Crippen LogP contribution is -2.20. The Morgan fingerprint density at radius 2 is 1.88 bits per heavy atom. The number of carboxylic acids is 1. The first kappa shape index (κ1) is 15.8. The van der Waals surface area contributed by atoms with Gasteiger partial charge in [0.1, 0.15) is 5.75 Å². The van der Waals surface area contributed by atoms with Crippen molar-refractivity contribution >= 4 is 16.7 Å². The van der Waals surface area contributed by atoms with Gasteiger partial charge in [0.2, 0.25) is 0 Å². The lowest BCUT2D eigenvalue weighted by molar-refractivity contribution is 0.0697. The predicted molar refractivity (Wildman–Crippen MR) is 91.9 cm³/mol. The molecule has 0 saturated heterocycles. The van der Waals surface area contributed by atoms with Gasteiger partial charge in [-0.1, -0.05) is 12.1 Å². The smallest absolute Gasteiger partial charge is 0.335 e. The number of carboxylic acid groups (broad SMARTS) is 1. The van der Waals surface area contributed by atoms with Crippen molar-refractivity contribution in [1.82, 2.24) is 4.57 Å². The molecule has 1 heterocycles. The highest BCUT2D eigenvalue weighted by Gasteiger charge is 2.06. The Labute approximate surface area is 138 Å². The monoisotopic (exact) mass is 323 g/mol. The molecular formula is C19H17NO4. The fraction of sp³-hybridized carbons (Fsp3) is 0.158. The number of aromatic nitrogens is 1. The van der Waals surface area contributed by atoms with Gasteiger partial charge >= 0.3 is 5.97 Å². The number of aromatic carboxylic acids is 1. The van der Waals surface area contributed by atoms with Crippen LogP contribution in [0.25, 0.3) is 10.8 Å². The molecule has 5 heteroatoms. The Bertz CT molecular complexity index is 942. The average molecular weight is 323 g/mol. The summed E-state index contributed by atoms with van der Waals surface area (Å²) in [5.74, 6) is -0.221. The van der Waals surface area contributed by atoms with Crippen molar-refractivity contribution in [1.29, 1.82) is 0 Å². The summed E-state index contributed by atoms with van der Waals surface area (Å²) in [5, 5.41) is 10.4. The lowest BCUT2D eigenvalue weighted by atomic mass is 10.1. The SMILES string of the molecule is CCOc1ccc2c(=O)n(Cc3ccc(C(=O)O)cc3)ccc2c1. The lowest BCUT2D eigenvalue weighted by Gasteiger charge is -2.09. The van der Waals surface area contributed by atoms with Crippen molar-refractivity contribution in [2.45, 2.75) is 13.5 Å². The molecule has 0 aliphatic heterocycles. The Balaban J connectivity index is 1.92. The summed E-state index contributed by atoms with van der Waals surface area (Å²) in [6, 6.07) is 13.8. The molecule has 0 saturated carbocycles. The Kier molecular flexibility index (Phi) is 4.33. The van der Waals surface area contributed by atoms with E-state index in [0.29, 0.717) is 18.5 Å². The molecule has 0 atom stereocenters. The van der Waals surface area contributed by atoms with Crippen molar-refractivity contribution in [2.24, 2.45) is 0 Å². The van der Waals surface area contributed by atoms with E-state index in [9.17, 15) is 9.59 Å². The van der Waals surface area contributed by atoms with E-state index in [0.717, 1.165) is 16.7 Å². The molecule has 0 fully saturated rings. The summed E-state index contributed by atoms with van der Waals surface area (Å²) in [7, 11) is 0. The molecule has 1 N–H and O–H groups in total. The van der Waals surface area contributed by atoms with Gasteiger partial charge in [-0.3, -0.25) is 4.79 Å². The van der Waals surface area contributed by atoms with Gasteiger partial charge < -0.3 is 14.4 Å². The van der Waals surface area contributed by atoms with Crippen LogP contribution in [0.5, 0.6) is 5.75 Å². The van der Waals surface area contributed by atoms with Gasteiger partial charge in [0, 0.05) is 11.6 Å². The van der Waals surface area contributed by atoms with Crippen molar-refractivity contribution in [3.8, 4) is 5.75 Å². The van der Waals surface area contributed by atoms with Crippen LogP contribution in [0.1, 0.15) is 22.8 Å². The summed E-state index contributed by atoms with van der Waals surface area (Å²) in [6.45, 7) is 2.88. The highest BCUT2D eigenvalue weighted by atomic mass is 16.5. The number of ether oxygens (including phenoxy) is 1. The zero-order chi connectivity index (χ0) is 17.1. The minimum atomic E-state index is -0.963. The highest BCUT2D eigenvalue weighted by molar-refractivity contribution is 5.87. The summed E-state index contributed by atoms with van der Waals surface area (Å²) in [5.41, 5.74) is 1.01. The number of hydrogen-bond acceptors (Lipinski definition) is 3. The minimum absolute atomic E-state index is 0.0853. The third-order valence-corrected chi connectivity index (χ3v) is 3.81. The van der Waals surface area contributed by atoms with Crippen molar-refractivity contribution in [3.63, 3.8) is 0 Å². The third-order valence-electron chi connectivity index (χ3n) is 3.81. The van der Waals surface area contributed by atoms with E-state index in [2.05, 4.69) is 0 Å². The minimum Gasteiger partial charge on any atom is -0.494 e. The summed E-state index contributed by atoms with van der Waals surface area (Å²) >= 11 is 0. The van der Waals surface area contributed by atoms with Gasteiger partial charge in [-0.15, -0.1) is 0 Å². The van der Waals surface area contributed by atoms with Crippen LogP contribution in [0.3, 0.4) is 0 Å². The van der Waals surface area contributed by atoms with Crippen molar-refractivity contribution < 1.29 is 14.6 Å². The molecule has 0 spiro atoms. The second kappa shape index (κ2) is 6.58. The highest BCUT2D eigenvalue weighted by Crippen LogP contribution is 2.18. The van der Waals surface area contributed by atoms with Crippen LogP contribution in [-0.4, -0.2) is 22.2 Å². The van der Waals surface area contributed by atoms with Crippen molar-refractivity contribution in [2.75, 3.05) is 6.61 Å². The third kappa shape index (κ3) is 3.15. The van der Waals surface area contributed by atoms with Crippen LogP contribution < -0.4 is 10.3 Å². The topological polar surface area (TPSA) is 68.5 Å². The first-order valence-electron chi connectivity index (χ1n) is 7.66. The fourth-order valence-corrected chi connectivity index (χ4v) is 2.60. The Morgan fingerprint density at radius 1 is 1.12 bits per heavy atom. The summed E-state index contributed by atoms with van der Waals surface area (Å²) in [4.78, 5) is 23.5. The predicted octanol–water partition coefficient (Wildman–Crippen LogP) is 3.15. The van der Waals surface area contributed by atoms with Crippen LogP contribution in [-0.2, 0) is 6.54 Å². The van der Waals surface area contributed by atoms with Gasteiger partial charge in [0.05, 0.1) is 18.7 Å². The van der Waals surface area contributed by atoms with E-state index >= 15 is 0 Å². The number of rotatable bonds is 5. The molecule has 3 aromatic rings. The number of nitrogens with zero attached hydrogens (tertiary/aromatic N) is 1. The van der Waals surface area contributed by atoms with Gasteiger partial charge in [-0.05, 0) is 54.3 Å². The quantitative estimate of drug-likeness (QED) is 0.783. The molecule has 122 valence electrons. The summed E-state index contributed by atoms with van der Waals surface area (Å²) < 4.78 is 7.06. The molecule has 3 rings (SSSR count). The fourth-order valence-electron chi connectivity index (χ4n) is 2.60. The number of fused-ring (bicyclic) bond motifs is 1. The maximum atomic E-state index is 12.6. The molecule has 24 heavy (non-hydrogen) atoms. The number of carbonyl (C=O) groups is 1. The van der Waals surface area contributed by atoms with E-state index < -0.39 is 5.97 Å². The largest absolute Gasteiger partial charge is 0.494 e. The Hall–Kier alpha value is -3.08. The molecule has 1 aromatic heterocycles. The van der Waals surface area contributed by atoms with E-state index in [1.807, 2.05) is 19.1 Å². The van der Waals surface area contributed by atoms with E-state index in [1.165, 1.54) is 12.1 Å². The van der Waals surface area contributed by atoms with E-state index in [-0.39, 0.29) is 11.1 Å². The van der Waals surface area contributed by atoms with E-state index in [1.54, 1.807) is 35.0 Å². The molecule has 0 aliphatic rings. The van der Waals surface area contributed by atoms with Gasteiger partial charge in [-0.2, -0.15) is 0 Å². The second-order valence-electron chi connectivity index (χ2n) is 5.43. The maximum absolute atomic E-state index is 12.6. The molecule has 0 unspecified atom stereocenters. The van der Waals surface area contributed by atoms with Gasteiger partial charge in [0.15, 0.2) is 0 Å². The van der Waals surface area contributed by atoms with Crippen LogP contribution in [0.4, 0.5) is 0 Å². The van der Waals surface area contributed by atoms with Gasteiger partial charge in [0.25, 0.3) is 5.56 Å². The van der Waals surface area contributed by atoms with E-state index in [4.69, 9.17) is 9.84 Å². The normalized spacial score (nSPS) is 10.7. The number of hydrogen-bond donors (Lipinski definition) is 1. The average Bonchev–Trinajstić information content (AvgIpc) is 2.58. The van der Waals surface area contributed by atoms with Crippen LogP contribution >= 0.6 is 0 Å². The molecule has 2 aromatic carbocycles. The molecule has 0 radical (unpaired) electrons. The molecular weight excluding hydrogens is 306 g/mol. The molecule has 0 aliphatic carbocycles. The molecule has 5 nitrogen and oxygen atoms in total. The standard InChI is InChI=1S/C19H17NO4/c1-2-24-16-7-8-17-15(11-16)9-10-20(18(17)21)12-13-3-5-14(6-4-13)19(22)23/h3-11H,2,12H2,1H3,(H,22,23). The van der Waals surface area contributed by atoms with Gasteiger partial charge in [-0.25, -0.2) is 4.79 Å². The molecule has 0 bridgehead atoms. The van der Waals surface area contributed by atoms with Crippen molar-refractivity contribution in [3.05, 3.63) is 76.2 Å². The number of benzene rings is 2. The van der Waals surface area contributed by atoms with Crippen LogP contribution in [0.15, 0.2) is 59.5 Å². The van der Waals surface area contributed by atoms with Crippen LogP contribution in [0, 0.1) is 0 Å². The summed E-state index contributed by atoms with van der Waals surface area (Å²) in [6.07, 6.45) is 1.74. The Morgan fingerprint density at radius 3 is 2.54 bits per heavy atom. The number of pyridine rings is 1. The molecule has 0 amide bonds. The zero-order valence-electron chi connectivity index (χ0n) is 13.2. The maximum Gasteiger partial charge on any atom is 0.335 e. The van der Waals surface area contributed by atoms with Crippen LogP contribution in [0.2, 0.25) is 0 Å². The first-order valence-corrected chi connectivity index (χ1v) is 7.66. The zero-order valence-corrected chi connectivity index (χ0v) is 13.2. The second-order valence-corrected chi connectivity index (χ2v) is 5.43.